The number of fused-ring (bicyclic) bond motifs is 6. The number of nitro groups is 1. The number of para-hydroxylation sites is 2. The number of carbonyl (C=O) groups is 3. The first-order chi connectivity index (χ1) is 20.9. The zero-order valence-corrected chi connectivity index (χ0v) is 23.0. The van der Waals surface area contributed by atoms with Gasteiger partial charge in [0.2, 0.25) is 5.91 Å². The fraction of sp³-hybridized carbons (Fsp3) is 0.147. The van der Waals surface area contributed by atoms with Gasteiger partial charge in [0, 0.05) is 29.6 Å². The molecule has 3 aliphatic heterocycles. The van der Waals surface area contributed by atoms with Gasteiger partial charge in [0.1, 0.15) is 17.2 Å². The van der Waals surface area contributed by atoms with E-state index in [-0.39, 0.29) is 16.8 Å². The van der Waals surface area contributed by atoms with Gasteiger partial charge in [-0.3, -0.25) is 24.5 Å². The van der Waals surface area contributed by atoms with E-state index in [1.165, 1.54) is 31.4 Å². The molecular weight excluding hydrogens is 546 g/mol. The number of non-ortho nitro benzene ring substituents is 1. The second kappa shape index (κ2) is 9.77. The molecule has 1 spiro atoms. The van der Waals surface area contributed by atoms with Crippen LogP contribution < -0.4 is 10.1 Å². The number of hydrogen-bond acceptors (Lipinski definition) is 7. The third-order valence-corrected chi connectivity index (χ3v) is 8.84. The Kier molecular flexibility index (Phi) is 5.98. The summed E-state index contributed by atoms with van der Waals surface area (Å²) in [6, 6.07) is 25.2. The number of rotatable bonds is 6. The predicted octanol–water partition coefficient (Wildman–Crippen LogP) is 5.59. The molecule has 3 heterocycles. The molecule has 1 amide bonds. The lowest BCUT2D eigenvalue weighted by molar-refractivity contribution is -0.384. The lowest BCUT2D eigenvalue weighted by Crippen LogP contribution is -2.49. The van der Waals surface area contributed by atoms with Gasteiger partial charge in [-0.1, -0.05) is 66.7 Å². The molecule has 3 aliphatic rings. The highest BCUT2D eigenvalue weighted by Crippen LogP contribution is 2.62. The maximum absolute atomic E-state index is 14.9. The van der Waals surface area contributed by atoms with E-state index in [4.69, 9.17) is 4.74 Å². The number of ether oxygens (including phenoxy) is 1. The number of hydrogen-bond donors (Lipinski definition) is 1. The molecule has 1 fully saturated rings. The summed E-state index contributed by atoms with van der Waals surface area (Å²) >= 11 is 0. The predicted molar refractivity (Wildman–Crippen MR) is 159 cm³/mol. The number of anilines is 1. The Labute approximate surface area is 246 Å². The second-order valence-electron chi connectivity index (χ2n) is 10.8. The van der Waals surface area contributed by atoms with Crippen molar-refractivity contribution in [1.29, 1.82) is 0 Å². The number of nitrogens with one attached hydrogen (secondary N) is 1. The monoisotopic (exact) mass is 571 g/mol. The van der Waals surface area contributed by atoms with Crippen molar-refractivity contribution in [2.24, 2.45) is 5.92 Å². The molecule has 4 aromatic rings. The number of amides is 1. The average molecular weight is 572 g/mol. The van der Waals surface area contributed by atoms with Crippen LogP contribution in [0, 0.1) is 16.0 Å². The van der Waals surface area contributed by atoms with Crippen LogP contribution in [0.25, 0.3) is 6.08 Å². The molecule has 0 aliphatic carbocycles. The summed E-state index contributed by atoms with van der Waals surface area (Å²) in [5.74, 6) is -2.26. The Bertz CT molecular complexity index is 1880. The first-order valence-corrected chi connectivity index (χ1v) is 13.8. The quantitative estimate of drug-likeness (QED) is 0.182. The van der Waals surface area contributed by atoms with Crippen molar-refractivity contribution in [1.82, 2.24) is 4.90 Å². The summed E-state index contributed by atoms with van der Waals surface area (Å²) in [5, 5.41) is 14.7. The lowest BCUT2D eigenvalue weighted by atomic mass is 9.62. The Balaban J connectivity index is 1.54. The van der Waals surface area contributed by atoms with E-state index in [1.54, 1.807) is 48.7 Å². The highest BCUT2D eigenvalue weighted by molar-refractivity contribution is 6.17. The third-order valence-electron chi connectivity index (χ3n) is 8.84. The fourth-order valence-corrected chi connectivity index (χ4v) is 7.13. The molecule has 212 valence electrons. The lowest BCUT2D eigenvalue weighted by Gasteiger charge is -2.38. The molecular formula is C34H25N3O6. The van der Waals surface area contributed by atoms with Gasteiger partial charge in [-0.05, 0) is 41.0 Å². The summed E-state index contributed by atoms with van der Waals surface area (Å²) in [5.41, 5.74) is 1.33. The minimum absolute atomic E-state index is 0.0469. The van der Waals surface area contributed by atoms with Crippen molar-refractivity contribution in [3.05, 3.63) is 141 Å². The zero-order valence-electron chi connectivity index (χ0n) is 23.0. The normalized spacial score (nSPS) is 22.9. The van der Waals surface area contributed by atoms with Gasteiger partial charge >= 0.3 is 0 Å². The van der Waals surface area contributed by atoms with Gasteiger partial charge in [-0.25, -0.2) is 0 Å². The standard InChI is InChI=1S/C34H25N3O6/c1-43-27-16-7-4-13-24(27)31(39)29-28(30(38)21-10-8-11-22(19-21)37(41)42)34(25-14-5-6-15-26(25)35-33(34)40)32-23-12-3-2-9-20(23)17-18-36(29)32/h2-19,28-29,32H,1H3,(H,35,40)/t28-,29-,32-,34+/m1/s1. The van der Waals surface area contributed by atoms with Crippen LogP contribution >= 0.6 is 0 Å². The van der Waals surface area contributed by atoms with Gasteiger partial charge in [0.25, 0.3) is 5.69 Å². The Morgan fingerprint density at radius 3 is 2.49 bits per heavy atom. The molecule has 0 radical (unpaired) electrons. The zero-order chi connectivity index (χ0) is 29.9. The molecule has 0 saturated carbocycles. The van der Waals surface area contributed by atoms with Gasteiger partial charge in [0.05, 0.1) is 29.6 Å². The van der Waals surface area contributed by atoms with Crippen LogP contribution in [0.2, 0.25) is 0 Å². The summed E-state index contributed by atoms with van der Waals surface area (Å²) in [6.07, 6.45) is 3.66. The minimum atomic E-state index is -1.54. The van der Waals surface area contributed by atoms with Crippen LogP contribution in [0.3, 0.4) is 0 Å². The van der Waals surface area contributed by atoms with Crippen LogP contribution in [-0.4, -0.2) is 40.4 Å². The molecule has 4 atom stereocenters. The fourth-order valence-electron chi connectivity index (χ4n) is 7.13. The number of Topliss-reactive ketones (excluding diaryl/α,β-unsaturated/α-hetero) is 2. The maximum Gasteiger partial charge on any atom is 0.270 e. The van der Waals surface area contributed by atoms with Crippen LogP contribution in [0.15, 0.2) is 103 Å². The number of benzene rings is 4. The minimum Gasteiger partial charge on any atom is -0.496 e. The van der Waals surface area contributed by atoms with E-state index in [2.05, 4.69) is 5.32 Å². The van der Waals surface area contributed by atoms with Crippen LogP contribution in [0.1, 0.15) is 43.4 Å². The van der Waals surface area contributed by atoms with E-state index in [0.29, 0.717) is 17.0 Å². The van der Waals surface area contributed by atoms with Crippen molar-refractivity contribution in [2.75, 3.05) is 12.4 Å². The molecule has 1 N–H and O–H groups in total. The Morgan fingerprint density at radius 1 is 0.930 bits per heavy atom. The van der Waals surface area contributed by atoms with Gasteiger partial charge in [-0.15, -0.1) is 0 Å². The highest BCUT2D eigenvalue weighted by Gasteiger charge is 2.70. The molecule has 4 aromatic carbocycles. The van der Waals surface area contributed by atoms with E-state index in [0.717, 1.165) is 11.1 Å². The first-order valence-electron chi connectivity index (χ1n) is 13.8. The number of nitrogens with zero attached hydrogens (tertiary/aromatic N) is 2. The summed E-state index contributed by atoms with van der Waals surface area (Å²) in [7, 11) is 1.47. The van der Waals surface area contributed by atoms with Crippen LogP contribution in [0.5, 0.6) is 5.75 Å². The summed E-state index contributed by atoms with van der Waals surface area (Å²) in [6.45, 7) is 0. The van der Waals surface area contributed by atoms with Crippen molar-refractivity contribution in [2.45, 2.75) is 17.5 Å². The SMILES string of the molecule is COc1ccccc1C(=O)[C@H]1[C@H](C(=O)c2cccc([N+](=O)[O-])c2)[C@]2(C(=O)Nc3ccccc32)[C@H]2c3ccccc3C=CN12. The first kappa shape index (κ1) is 26.3. The number of ketones is 2. The van der Waals surface area contributed by atoms with E-state index < -0.39 is 45.8 Å². The maximum atomic E-state index is 14.9. The molecule has 0 unspecified atom stereocenters. The number of carbonyl (C=O) groups excluding carboxylic acids is 3. The van der Waals surface area contributed by atoms with E-state index >= 15 is 0 Å². The van der Waals surface area contributed by atoms with Gasteiger partial charge in [0.15, 0.2) is 11.6 Å². The molecule has 7 rings (SSSR count). The van der Waals surface area contributed by atoms with Gasteiger partial charge in [-0.2, -0.15) is 0 Å². The second-order valence-corrected chi connectivity index (χ2v) is 10.8. The van der Waals surface area contributed by atoms with Crippen molar-refractivity contribution >= 4 is 34.9 Å². The molecule has 9 nitrogen and oxygen atoms in total. The van der Waals surface area contributed by atoms with Crippen molar-refractivity contribution < 1.29 is 24.0 Å². The molecule has 1 saturated heterocycles. The van der Waals surface area contributed by atoms with Crippen molar-refractivity contribution in [3.8, 4) is 5.75 Å². The highest BCUT2D eigenvalue weighted by atomic mass is 16.6. The molecule has 43 heavy (non-hydrogen) atoms. The largest absolute Gasteiger partial charge is 0.496 e. The number of methoxy groups -OCH3 is 1. The van der Waals surface area contributed by atoms with Crippen molar-refractivity contribution in [3.63, 3.8) is 0 Å². The Hall–Kier alpha value is -5.57. The van der Waals surface area contributed by atoms with E-state index in [1.807, 2.05) is 41.3 Å². The number of nitro benzene ring substituents is 1. The van der Waals surface area contributed by atoms with Crippen LogP contribution in [-0.2, 0) is 10.2 Å². The summed E-state index contributed by atoms with van der Waals surface area (Å²) in [4.78, 5) is 57.0. The Morgan fingerprint density at radius 2 is 1.67 bits per heavy atom. The molecule has 0 aromatic heterocycles. The third kappa shape index (κ3) is 3.67. The summed E-state index contributed by atoms with van der Waals surface area (Å²) < 4.78 is 5.54. The van der Waals surface area contributed by atoms with E-state index in [9.17, 15) is 24.5 Å². The van der Waals surface area contributed by atoms with Gasteiger partial charge < -0.3 is 15.0 Å². The van der Waals surface area contributed by atoms with Crippen LogP contribution in [0.4, 0.5) is 11.4 Å². The molecule has 0 bridgehead atoms. The topological polar surface area (TPSA) is 119 Å². The smallest absolute Gasteiger partial charge is 0.270 e. The molecule has 9 heteroatoms. The average Bonchev–Trinajstić information content (AvgIpc) is 3.52.